The van der Waals surface area contributed by atoms with Gasteiger partial charge in [0.05, 0.1) is 16.1 Å². The number of carbonyl (C=O) groups is 2. The van der Waals surface area contributed by atoms with Crippen molar-refractivity contribution < 1.29 is 14.7 Å². The Morgan fingerprint density at radius 3 is 2.41 bits per heavy atom. The highest BCUT2D eigenvalue weighted by Crippen LogP contribution is 2.18. The summed E-state index contributed by atoms with van der Waals surface area (Å²) in [7, 11) is 0. The van der Waals surface area contributed by atoms with Crippen molar-refractivity contribution in [3.63, 3.8) is 0 Å². The Kier molecular flexibility index (Phi) is 3.87. The third kappa shape index (κ3) is 3.26. The second-order valence-corrected chi connectivity index (χ2v) is 5.72. The third-order valence-electron chi connectivity index (χ3n) is 2.38. The fraction of sp³-hybridized carbons (Fsp3) is 0.545. The lowest BCUT2D eigenvalue weighted by atomic mass is 9.94. The van der Waals surface area contributed by atoms with E-state index in [0.717, 1.165) is 5.01 Å². The molecular formula is C11H16N2O3S. The van der Waals surface area contributed by atoms with E-state index in [1.54, 1.807) is 20.8 Å². The van der Waals surface area contributed by atoms with E-state index in [9.17, 15) is 9.59 Å². The summed E-state index contributed by atoms with van der Waals surface area (Å²) in [5, 5.41) is 12.4. The van der Waals surface area contributed by atoms with E-state index in [1.807, 2.05) is 6.92 Å². The normalized spacial score (nSPS) is 11.3. The number of nitrogens with zero attached hydrogens (tertiary/aromatic N) is 1. The van der Waals surface area contributed by atoms with Gasteiger partial charge in [-0.05, 0) is 27.7 Å². The number of amides is 1. The molecular weight excluding hydrogens is 240 g/mol. The van der Waals surface area contributed by atoms with Crippen molar-refractivity contribution in [2.24, 2.45) is 5.41 Å². The Bertz CT molecular complexity index is 452. The van der Waals surface area contributed by atoms with Crippen LogP contribution in [-0.4, -0.2) is 28.5 Å². The van der Waals surface area contributed by atoms with Gasteiger partial charge in [-0.2, -0.15) is 0 Å². The number of carboxylic acid groups (broad SMARTS) is 1. The first-order chi connectivity index (χ1) is 7.74. The molecule has 0 spiro atoms. The van der Waals surface area contributed by atoms with E-state index in [0.29, 0.717) is 10.6 Å². The molecule has 1 amide bonds. The van der Waals surface area contributed by atoms with E-state index in [2.05, 4.69) is 10.3 Å². The van der Waals surface area contributed by atoms with Gasteiger partial charge in [0.1, 0.15) is 4.88 Å². The molecule has 5 nitrogen and oxygen atoms in total. The molecule has 0 fully saturated rings. The Balaban J connectivity index is 2.68. The number of carbonyl (C=O) groups excluding carboxylic acids is 1. The molecule has 0 radical (unpaired) electrons. The minimum Gasteiger partial charge on any atom is -0.481 e. The third-order valence-corrected chi connectivity index (χ3v) is 3.45. The second-order valence-electron chi connectivity index (χ2n) is 4.52. The smallest absolute Gasteiger partial charge is 0.310 e. The van der Waals surface area contributed by atoms with E-state index in [4.69, 9.17) is 5.11 Å². The highest BCUT2D eigenvalue weighted by atomic mass is 32.1. The van der Waals surface area contributed by atoms with Crippen molar-refractivity contribution in [3.8, 4) is 0 Å². The Hall–Kier alpha value is -1.43. The quantitative estimate of drug-likeness (QED) is 0.857. The zero-order valence-corrected chi connectivity index (χ0v) is 11.1. The summed E-state index contributed by atoms with van der Waals surface area (Å²) in [6, 6.07) is 0. The number of rotatable bonds is 4. The van der Waals surface area contributed by atoms with Crippen molar-refractivity contribution in [2.45, 2.75) is 27.7 Å². The van der Waals surface area contributed by atoms with E-state index in [-0.39, 0.29) is 12.5 Å². The molecule has 0 aromatic carbocycles. The molecule has 0 atom stereocenters. The largest absolute Gasteiger partial charge is 0.481 e. The Morgan fingerprint density at radius 1 is 1.41 bits per heavy atom. The predicted molar refractivity (Wildman–Crippen MR) is 65.3 cm³/mol. The van der Waals surface area contributed by atoms with Crippen LogP contribution < -0.4 is 5.32 Å². The molecule has 2 N–H and O–H groups in total. The van der Waals surface area contributed by atoms with Crippen molar-refractivity contribution >= 4 is 23.2 Å². The molecule has 0 bridgehead atoms. The Morgan fingerprint density at radius 2 is 2.00 bits per heavy atom. The van der Waals surface area contributed by atoms with Crippen LogP contribution in [0.15, 0.2) is 0 Å². The zero-order chi connectivity index (χ0) is 13.2. The van der Waals surface area contributed by atoms with Crippen LogP contribution >= 0.6 is 11.3 Å². The summed E-state index contributed by atoms with van der Waals surface area (Å²) in [6.07, 6.45) is 0. The van der Waals surface area contributed by atoms with Crippen LogP contribution in [-0.2, 0) is 4.79 Å². The molecule has 1 aromatic heterocycles. The minimum atomic E-state index is -0.969. The average molecular weight is 256 g/mol. The first kappa shape index (κ1) is 13.6. The number of hydrogen-bond donors (Lipinski definition) is 2. The fourth-order valence-corrected chi connectivity index (χ4v) is 2.04. The molecule has 1 heterocycles. The van der Waals surface area contributed by atoms with Crippen LogP contribution in [0.5, 0.6) is 0 Å². The average Bonchev–Trinajstić information content (AvgIpc) is 2.54. The number of carboxylic acids is 1. The van der Waals surface area contributed by atoms with Gasteiger partial charge in [0.25, 0.3) is 5.91 Å². The van der Waals surface area contributed by atoms with Crippen LogP contribution in [0.25, 0.3) is 0 Å². The van der Waals surface area contributed by atoms with Crippen LogP contribution in [0.1, 0.15) is 34.2 Å². The summed E-state index contributed by atoms with van der Waals surface area (Å²) < 4.78 is 0. The number of nitrogens with one attached hydrogen (secondary N) is 1. The van der Waals surface area contributed by atoms with Gasteiger partial charge in [0.2, 0.25) is 0 Å². The maximum absolute atomic E-state index is 11.8. The molecule has 0 saturated heterocycles. The SMILES string of the molecule is Cc1nc(C)c(C(=O)NCC(C)(C)C(=O)O)s1. The molecule has 0 aliphatic rings. The number of aryl methyl sites for hydroxylation is 2. The predicted octanol–water partition coefficient (Wildman–Crippen LogP) is 1.60. The van der Waals surface area contributed by atoms with Gasteiger partial charge in [-0.3, -0.25) is 9.59 Å². The summed E-state index contributed by atoms with van der Waals surface area (Å²) in [4.78, 5) is 27.4. The topological polar surface area (TPSA) is 79.3 Å². The van der Waals surface area contributed by atoms with Gasteiger partial charge < -0.3 is 10.4 Å². The molecule has 1 rings (SSSR count). The molecule has 0 unspecified atom stereocenters. The van der Waals surface area contributed by atoms with Crippen LogP contribution in [0, 0.1) is 19.3 Å². The first-order valence-electron chi connectivity index (χ1n) is 5.19. The summed E-state index contributed by atoms with van der Waals surface area (Å²) in [5.74, 6) is -1.20. The lowest BCUT2D eigenvalue weighted by Crippen LogP contribution is -2.38. The van der Waals surface area contributed by atoms with Crippen molar-refractivity contribution in [1.29, 1.82) is 0 Å². The van der Waals surface area contributed by atoms with Gasteiger partial charge in [-0.1, -0.05) is 0 Å². The van der Waals surface area contributed by atoms with Crippen LogP contribution in [0.3, 0.4) is 0 Å². The van der Waals surface area contributed by atoms with Gasteiger partial charge in [-0.25, -0.2) is 4.98 Å². The summed E-state index contributed by atoms with van der Waals surface area (Å²) >= 11 is 1.31. The number of hydrogen-bond acceptors (Lipinski definition) is 4. The molecule has 0 aliphatic carbocycles. The van der Waals surface area contributed by atoms with Gasteiger partial charge in [0.15, 0.2) is 0 Å². The summed E-state index contributed by atoms with van der Waals surface area (Å²) in [6.45, 7) is 6.83. The molecule has 17 heavy (non-hydrogen) atoms. The molecule has 0 saturated carbocycles. The van der Waals surface area contributed by atoms with Crippen molar-refractivity contribution in [1.82, 2.24) is 10.3 Å². The highest BCUT2D eigenvalue weighted by Gasteiger charge is 2.28. The van der Waals surface area contributed by atoms with E-state index in [1.165, 1.54) is 11.3 Å². The van der Waals surface area contributed by atoms with Gasteiger partial charge in [-0.15, -0.1) is 11.3 Å². The lowest BCUT2D eigenvalue weighted by molar-refractivity contribution is -0.146. The van der Waals surface area contributed by atoms with Crippen LogP contribution in [0.4, 0.5) is 0 Å². The molecule has 0 aliphatic heterocycles. The van der Waals surface area contributed by atoms with Gasteiger partial charge in [0, 0.05) is 6.54 Å². The van der Waals surface area contributed by atoms with E-state index < -0.39 is 11.4 Å². The maximum Gasteiger partial charge on any atom is 0.310 e. The van der Waals surface area contributed by atoms with E-state index >= 15 is 0 Å². The molecule has 1 aromatic rings. The number of aromatic nitrogens is 1. The second kappa shape index (κ2) is 4.83. The fourth-order valence-electron chi connectivity index (χ4n) is 1.20. The maximum atomic E-state index is 11.8. The van der Waals surface area contributed by atoms with Crippen molar-refractivity contribution in [3.05, 3.63) is 15.6 Å². The molecule has 94 valence electrons. The molecule has 6 heteroatoms. The summed E-state index contributed by atoms with van der Waals surface area (Å²) in [5.41, 5.74) is -0.290. The first-order valence-corrected chi connectivity index (χ1v) is 6.01. The Labute approximate surface area is 104 Å². The standard InChI is InChI=1S/C11H16N2O3S/c1-6-8(17-7(2)13-6)9(14)12-5-11(3,4)10(15)16/h5H2,1-4H3,(H,12,14)(H,15,16). The number of aliphatic carboxylic acids is 1. The van der Waals surface area contributed by atoms with Crippen LogP contribution in [0.2, 0.25) is 0 Å². The zero-order valence-electron chi connectivity index (χ0n) is 10.3. The number of thiazole rings is 1. The van der Waals surface area contributed by atoms with Gasteiger partial charge >= 0.3 is 5.97 Å². The minimum absolute atomic E-state index is 0.0948. The highest BCUT2D eigenvalue weighted by molar-refractivity contribution is 7.13. The monoisotopic (exact) mass is 256 g/mol. The van der Waals surface area contributed by atoms with Crippen molar-refractivity contribution in [2.75, 3.05) is 6.54 Å². The lowest BCUT2D eigenvalue weighted by Gasteiger charge is -2.19.